The number of carbonyl (C=O) groups is 1. The fourth-order valence-electron chi connectivity index (χ4n) is 1.89. The molecule has 2 N–H and O–H groups in total. The lowest BCUT2D eigenvalue weighted by molar-refractivity contribution is -0.384. The van der Waals surface area contributed by atoms with Gasteiger partial charge in [0.05, 0.1) is 35.0 Å². The Hall–Kier alpha value is -2.54. The average molecular weight is 324 g/mol. The van der Waals surface area contributed by atoms with E-state index in [0.717, 1.165) is 0 Å². The van der Waals surface area contributed by atoms with E-state index in [0.29, 0.717) is 23.6 Å². The number of hydrogen-bond donors (Lipinski definition) is 2. The average Bonchev–Trinajstić information content (AvgIpc) is 2.97. The van der Waals surface area contributed by atoms with Crippen molar-refractivity contribution >= 4 is 28.9 Å². The molecule has 1 aromatic carbocycles. The number of amides is 1. The molecule has 8 heteroatoms. The minimum absolute atomic E-state index is 0.000913. The van der Waals surface area contributed by atoms with Gasteiger partial charge in [0.2, 0.25) is 5.91 Å². The topological polar surface area (TPSA) is 97.4 Å². The number of hydrogen-bond acceptors (Lipinski definition) is 5. The zero-order valence-corrected chi connectivity index (χ0v) is 12.5. The molecule has 22 heavy (non-hydrogen) atoms. The van der Waals surface area contributed by atoms with E-state index in [1.165, 1.54) is 18.4 Å². The second-order valence-corrected chi connectivity index (χ2v) is 4.99. The number of nitrogens with zero attached hydrogens (tertiary/aromatic N) is 1. The Kier molecular flexibility index (Phi) is 5.00. The fraction of sp³-hybridized carbons (Fsp3) is 0.214. The second kappa shape index (κ2) is 6.95. The molecule has 0 aliphatic heterocycles. The molecule has 7 nitrogen and oxygen atoms in total. The van der Waals surface area contributed by atoms with Crippen molar-refractivity contribution in [2.75, 3.05) is 11.9 Å². The summed E-state index contributed by atoms with van der Waals surface area (Å²) in [7, 11) is 0. The Balaban J connectivity index is 1.93. The van der Waals surface area contributed by atoms with Gasteiger partial charge in [0, 0.05) is 12.1 Å². The summed E-state index contributed by atoms with van der Waals surface area (Å²) in [4.78, 5) is 22.0. The van der Waals surface area contributed by atoms with Gasteiger partial charge in [-0.2, -0.15) is 0 Å². The summed E-state index contributed by atoms with van der Waals surface area (Å²) < 4.78 is 5.10. The number of halogens is 1. The predicted octanol–water partition coefficient (Wildman–Crippen LogP) is 2.88. The number of carbonyl (C=O) groups excluding carboxylic acids is 1. The molecule has 0 fully saturated rings. The molecule has 116 valence electrons. The van der Waals surface area contributed by atoms with Crippen LogP contribution in [-0.2, 0) is 11.3 Å². The summed E-state index contributed by atoms with van der Waals surface area (Å²) in [5, 5.41) is 16.5. The van der Waals surface area contributed by atoms with Gasteiger partial charge in [-0.25, -0.2) is 0 Å². The molecule has 0 bridgehead atoms. The lowest BCUT2D eigenvalue weighted by Crippen LogP contribution is -2.29. The van der Waals surface area contributed by atoms with E-state index >= 15 is 0 Å². The molecule has 1 aromatic heterocycles. The quantitative estimate of drug-likeness (QED) is 0.629. The summed E-state index contributed by atoms with van der Waals surface area (Å²) in [6.45, 7) is 1.97. The third-order valence-electron chi connectivity index (χ3n) is 2.95. The Labute approximate surface area is 131 Å². The molecule has 2 rings (SSSR count). The van der Waals surface area contributed by atoms with Gasteiger partial charge >= 0.3 is 0 Å². The fourth-order valence-corrected chi connectivity index (χ4v) is 2.21. The van der Waals surface area contributed by atoms with E-state index in [2.05, 4.69) is 10.6 Å². The number of furan rings is 1. The van der Waals surface area contributed by atoms with E-state index in [1.54, 1.807) is 19.1 Å². The van der Waals surface area contributed by atoms with Crippen LogP contribution in [0.3, 0.4) is 0 Å². The second-order valence-electron chi connectivity index (χ2n) is 4.59. The Morgan fingerprint density at radius 2 is 2.23 bits per heavy atom. The first kappa shape index (κ1) is 15.8. The number of nitrogens with one attached hydrogen (secondary N) is 2. The van der Waals surface area contributed by atoms with Crippen molar-refractivity contribution in [3.63, 3.8) is 0 Å². The minimum Gasteiger partial charge on any atom is -0.467 e. The Bertz CT molecular complexity index is 662. The third-order valence-corrected chi connectivity index (χ3v) is 3.25. The first-order valence-electron chi connectivity index (χ1n) is 6.45. The van der Waals surface area contributed by atoms with Crippen molar-refractivity contribution in [1.82, 2.24) is 5.32 Å². The highest BCUT2D eigenvalue weighted by Crippen LogP contribution is 2.30. The van der Waals surface area contributed by atoms with Crippen molar-refractivity contribution in [1.29, 1.82) is 0 Å². The molecule has 0 aliphatic rings. The minimum atomic E-state index is -0.515. The lowest BCUT2D eigenvalue weighted by atomic mass is 10.1. The SMILES string of the molecule is Cc1cc([N+](=O)[O-])cc(Cl)c1NCC(=O)NCc1ccco1. The predicted molar refractivity (Wildman–Crippen MR) is 81.9 cm³/mol. The molecular formula is C14H14ClN3O4. The standard InChI is InChI=1S/C14H14ClN3O4/c1-9-5-10(18(20)21)6-12(15)14(9)17-8-13(19)16-7-11-3-2-4-22-11/h2-6,17H,7-8H2,1H3,(H,16,19). The number of nitro benzene ring substituents is 1. The van der Waals surface area contributed by atoms with Crippen LogP contribution in [0.5, 0.6) is 0 Å². The van der Waals surface area contributed by atoms with Gasteiger partial charge in [-0.05, 0) is 24.6 Å². The zero-order chi connectivity index (χ0) is 16.1. The van der Waals surface area contributed by atoms with Crippen LogP contribution in [0.1, 0.15) is 11.3 Å². The van der Waals surface area contributed by atoms with E-state index in [4.69, 9.17) is 16.0 Å². The van der Waals surface area contributed by atoms with Crippen LogP contribution in [0.4, 0.5) is 11.4 Å². The van der Waals surface area contributed by atoms with Crippen LogP contribution in [0.25, 0.3) is 0 Å². The van der Waals surface area contributed by atoms with Gasteiger partial charge in [0.15, 0.2) is 0 Å². The van der Waals surface area contributed by atoms with E-state index in [-0.39, 0.29) is 23.2 Å². The van der Waals surface area contributed by atoms with Gasteiger partial charge in [-0.1, -0.05) is 11.6 Å². The molecule has 0 atom stereocenters. The van der Waals surface area contributed by atoms with Crippen LogP contribution in [0.2, 0.25) is 5.02 Å². The molecule has 0 radical (unpaired) electrons. The highest BCUT2D eigenvalue weighted by atomic mass is 35.5. The third kappa shape index (κ3) is 3.98. The molecule has 0 spiro atoms. The van der Waals surface area contributed by atoms with Crippen molar-refractivity contribution in [3.05, 3.63) is 57.0 Å². The Morgan fingerprint density at radius 3 is 2.82 bits per heavy atom. The number of benzene rings is 1. The normalized spacial score (nSPS) is 10.3. The van der Waals surface area contributed by atoms with Gasteiger partial charge in [-0.15, -0.1) is 0 Å². The molecule has 1 heterocycles. The van der Waals surface area contributed by atoms with Crippen LogP contribution >= 0.6 is 11.6 Å². The number of aryl methyl sites for hydroxylation is 1. The number of anilines is 1. The van der Waals surface area contributed by atoms with Gasteiger partial charge in [0.1, 0.15) is 5.76 Å². The zero-order valence-electron chi connectivity index (χ0n) is 11.8. The van der Waals surface area contributed by atoms with Crippen LogP contribution < -0.4 is 10.6 Å². The van der Waals surface area contributed by atoms with Crippen molar-refractivity contribution in [2.24, 2.45) is 0 Å². The highest BCUT2D eigenvalue weighted by Gasteiger charge is 2.14. The van der Waals surface area contributed by atoms with Crippen LogP contribution in [-0.4, -0.2) is 17.4 Å². The first-order valence-corrected chi connectivity index (χ1v) is 6.82. The molecule has 0 saturated carbocycles. The number of rotatable bonds is 6. The summed E-state index contributed by atoms with van der Waals surface area (Å²) in [6, 6.07) is 6.14. The maximum absolute atomic E-state index is 11.7. The number of nitro groups is 1. The van der Waals surface area contributed by atoms with E-state index < -0.39 is 4.92 Å². The van der Waals surface area contributed by atoms with Crippen LogP contribution in [0, 0.1) is 17.0 Å². The molecule has 1 amide bonds. The molecular weight excluding hydrogens is 310 g/mol. The van der Waals surface area contributed by atoms with E-state index in [1.807, 2.05) is 0 Å². The molecule has 0 aliphatic carbocycles. The van der Waals surface area contributed by atoms with Crippen molar-refractivity contribution in [2.45, 2.75) is 13.5 Å². The monoisotopic (exact) mass is 323 g/mol. The van der Waals surface area contributed by atoms with Gasteiger partial charge in [-0.3, -0.25) is 14.9 Å². The van der Waals surface area contributed by atoms with Gasteiger partial charge in [0.25, 0.3) is 5.69 Å². The molecule has 0 saturated heterocycles. The lowest BCUT2D eigenvalue weighted by Gasteiger charge is -2.11. The van der Waals surface area contributed by atoms with Gasteiger partial charge < -0.3 is 15.1 Å². The van der Waals surface area contributed by atoms with E-state index in [9.17, 15) is 14.9 Å². The summed E-state index contributed by atoms with van der Waals surface area (Å²) in [5.41, 5.74) is 1.01. The summed E-state index contributed by atoms with van der Waals surface area (Å²) >= 11 is 6.01. The van der Waals surface area contributed by atoms with Crippen LogP contribution in [0.15, 0.2) is 34.9 Å². The highest BCUT2D eigenvalue weighted by molar-refractivity contribution is 6.33. The largest absolute Gasteiger partial charge is 0.467 e. The van der Waals surface area contributed by atoms with Crippen molar-refractivity contribution < 1.29 is 14.1 Å². The number of non-ortho nitro benzene ring substituents is 1. The summed E-state index contributed by atoms with van der Waals surface area (Å²) in [5.74, 6) is 0.406. The summed E-state index contributed by atoms with van der Waals surface area (Å²) in [6.07, 6.45) is 1.53. The maximum atomic E-state index is 11.7. The Morgan fingerprint density at radius 1 is 1.45 bits per heavy atom. The maximum Gasteiger partial charge on any atom is 0.271 e. The van der Waals surface area contributed by atoms with Crippen molar-refractivity contribution in [3.8, 4) is 0 Å². The first-order chi connectivity index (χ1) is 10.5. The smallest absolute Gasteiger partial charge is 0.271 e. The molecule has 2 aromatic rings. The molecule has 0 unspecified atom stereocenters.